The van der Waals surface area contributed by atoms with Crippen LogP contribution in [0.1, 0.15) is 96.8 Å². The second-order valence-electron chi connectivity index (χ2n) is 6.71. The van der Waals surface area contributed by atoms with Gasteiger partial charge >= 0.3 is 0 Å². The second-order valence-corrected chi connectivity index (χ2v) is 7.86. The standard InChI is InChI=1S/C20H41NOS/c1-3-4-5-6-7-8-9-10-11-12-13-14-15-16-17-23-19-20(18-21)22-2/h20H,3-19H2,1-2H3. The normalized spacial score (nSPS) is 12.7. The molecule has 0 bridgehead atoms. The van der Waals surface area contributed by atoms with Crippen molar-refractivity contribution in [1.82, 2.24) is 5.73 Å². The van der Waals surface area contributed by atoms with Gasteiger partial charge in [-0.25, -0.2) is 0 Å². The van der Waals surface area contributed by atoms with Gasteiger partial charge in [-0.15, -0.1) is 5.73 Å². The fraction of sp³-hybridized carbons (Fsp3) is 1.00. The van der Waals surface area contributed by atoms with Crippen molar-refractivity contribution in [2.45, 2.75) is 103 Å². The van der Waals surface area contributed by atoms with E-state index in [1.807, 2.05) is 11.8 Å². The third-order valence-corrected chi connectivity index (χ3v) is 5.67. The molecule has 1 unspecified atom stereocenters. The van der Waals surface area contributed by atoms with Crippen molar-refractivity contribution in [3.8, 4) is 0 Å². The molecule has 0 fully saturated rings. The molecule has 0 aliphatic heterocycles. The van der Waals surface area contributed by atoms with Gasteiger partial charge < -0.3 is 4.74 Å². The lowest BCUT2D eigenvalue weighted by Crippen LogP contribution is -2.19. The maximum Gasteiger partial charge on any atom is 0.0818 e. The van der Waals surface area contributed by atoms with Crippen molar-refractivity contribution in [2.75, 3.05) is 25.2 Å². The summed E-state index contributed by atoms with van der Waals surface area (Å²) in [5, 5.41) is 0. The Morgan fingerprint density at radius 1 is 0.739 bits per heavy atom. The summed E-state index contributed by atoms with van der Waals surface area (Å²) in [4.78, 5) is 0. The average molecular weight is 344 g/mol. The Labute approximate surface area is 150 Å². The van der Waals surface area contributed by atoms with E-state index in [0.29, 0.717) is 0 Å². The molecular weight excluding hydrogens is 302 g/mol. The van der Waals surface area contributed by atoms with Crippen LogP contribution in [0, 0.1) is 0 Å². The highest BCUT2D eigenvalue weighted by molar-refractivity contribution is 7.99. The molecular formula is C20H41NOS. The first kappa shape index (κ1) is 23.3. The number of rotatable bonds is 19. The molecule has 1 atom stereocenters. The first-order chi connectivity index (χ1) is 11.3. The topological polar surface area (TPSA) is 31.5 Å². The molecule has 0 aromatic carbocycles. The third-order valence-electron chi connectivity index (χ3n) is 4.48. The van der Waals surface area contributed by atoms with E-state index in [4.69, 9.17) is 10.5 Å². The van der Waals surface area contributed by atoms with E-state index in [0.717, 1.165) is 5.75 Å². The van der Waals surface area contributed by atoms with Crippen LogP contribution in [0.3, 0.4) is 0 Å². The zero-order valence-electron chi connectivity index (χ0n) is 15.9. The van der Waals surface area contributed by atoms with E-state index in [1.54, 1.807) is 7.11 Å². The van der Waals surface area contributed by atoms with Gasteiger partial charge in [-0.1, -0.05) is 90.4 Å². The fourth-order valence-corrected chi connectivity index (χ4v) is 3.89. The minimum atomic E-state index is 0.0200. The number of thioether (sulfide) groups is 1. The molecule has 0 saturated carbocycles. The van der Waals surface area contributed by atoms with Crippen LogP contribution >= 0.6 is 11.8 Å². The van der Waals surface area contributed by atoms with Crippen LogP contribution in [-0.2, 0) is 4.74 Å². The summed E-state index contributed by atoms with van der Waals surface area (Å²) < 4.78 is 5.15. The zero-order chi connectivity index (χ0) is 17.0. The lowest BCUT2D eigenvalue weighted by molar-refractivity contribution is 0.127. The molecule has 0 heterocycles. The molecule has 0 aliphatic carbocycles. The molecule has 0 aromatic heterocycles. The van der Waals surface area contributed by atoms with Crippen LogP contribution in [0.4, 0.5) is 0 Å². The maximum atomic E-state index is 9.01. The predicted molar refractivity (Wildman–Crippen MR) is 105 cm³/mol. The van der Waals surface area contributed by atoms with Crippen LogP contribution in [0.2, 0.25) is 0 Å². The Balaban J connectivity index is 3.02. The van der Waals surface area contributed by atoms with Crippen molar-refractivity contribution >= 4 is 11.8 Å². The zero-order valence-corrected chi connectivity index (χ0v) is 16.7. The molecule has 3 heteroatoms. The van der Waals surface area contributed by atoms with Gasteiger partial charge in [0, 0.05) is 12.9 Å². The smallest absolute Gasteiger partial charge is 0.0818 e. The van der Waals surface area contributed by atoms with Gasteiger partial charge in [0.1, 0.15) is 0 Å². The molecule has 0 spiro atoms. The Morgan fingerprint density at radius 2 is 1.17 bits per heavy atom. The Kier molecular flexibility index (Phi) is 20.6. The number of hydrogen-bond acceptors (Lipinski definition) is 2. The van der Waals surface area contributed by atoms with Crippen LogP contribution in [0.5, 0.6) is 0 Å². The van der Waals surface area contributed by atoms with Crippen molar-refractivity contribution < 1.29 is 4.74 Å². The van der Waals surface area contributed by atoms with E-state index in [-0.39, 0.29) is 12.6 Å². The van der Waals surface area contributed by atoms with E-state index < -0.39 is 0 Å². The van der Waals surface area contributed by atoms with Gasteiger partial charge in [-0.2, -0.15) is 11.8 Å². The Bertz CT molecular complexity index is 210. The van der Waals surface area contributed by atoms with Crippen LogP contribution in [0.25, 0.3) is 0 Å². The maximum absolute atomic E-state index is 9.01. The fourth-order valence-electron chi connectivity index (χ4n) is 2.81. The molecule has 2 radical (unpaired) electrons. The van der Waals surface area contributed by atoms with Gasteiger partial charge in [0.15, 0.2) is 0 Å². The first-order valence-electron chi connectivity index (χ1n) is 10.1. The van der Waals surface area contributed by atoms with Gasteiger partial charge in [0.2, 0.25) is 0 Å². The highest BCUT2D eigenvalue weighted by Gasteiger charge is 2.04. The monoisotopic (exact) mass is 343 g/mol. The minimum Gasteiger partial charge on any atom is -0.379 e. The van der Waals surface area contributed by atoms with Crippen molar-refractivity contribution in [2.24, 2.45) is 0 Å². The summed E-state index contributed by atoms with van der Waals surface area (Å²) in [6.45, 7) is 2.43. The van der Waals surface area contributed by atoms with Crippen LogP contribution in [-0.4, -0.2) is 31.3 Å². The quantitative estimate of drug-likeness (QED) is 0.258. The molecule has 23 heavy (non-hydrogen) atoms. The first-order valence-corrected chi connectivity index (χ1v) is 11.2. The van der Waals surface area contributed by atoms with E-state index in [1.165, 1.54) is 95.6 Å². The van der Waals surface area contributed by atoms with Crippen molar-refractivity contribution in [1.29, 1.82) is 0 Å². The number of nitrogens with zero attached hydrogens (tertiary/aromatic N) is 1. The van der Waals surface area contributed by atoms with Crippen molar-refractivity contribution in [3.63, 3.8) is 0 Å². The lowest BCUT2D eigenvalue weighted by atomic mass is 10.0. The second kappa shape index (κ2) is 20.3. The largest absolute Gasteiger partial charge is 0.379 e. The molecule has 0 aliphatic rings. The average Bonchev–Trinajstić information content (AvgIpc) is 2.58. The summed E-state index contributed by atoms with van der Waals surface area (Å²) in [6.07, 6.45) is 19.9. The molecule has 2 nitrogen and oxygen atoms in total. The predicted octanol–water partition coefficient (Wildman–Crippen LogP) is 6.28. The summed E-state index contributed by atoms with van der Waals surface area (Å²) in [5.74, 6) is 2.13. The Morgan fingerprint density at radius 3 is 1.57 bits per heavy atom. The summed E-state index contributed by atoms with van der Waals surface area (Å²) in [5.41, 5.74) is 9.01. The molecule has 0 rings (SSSR count). The Hall–Kier alpha value is 0.270. The number of methoxy groups -OCH3 is 1. The molecule has 0 saturated heterocycles. The van der Waals surface area contributed by atoms with E-state index in [9.17, 15) is 0 Å². The van der Waals surface area contributed by atoms with E-state index >= 15 is 0 Å². The molecule has 0 N–H and O–H groups in total. The van der Waals surface area contributed by atoms with Gasteiger partial charge in [0.25, 0.3) is 0 Å². The minimum absolute atomic E-state index is 0.0200. The molecule has 138 valence electrons. The number of hydrogen-bond donors (Lipinski definition) is 0. The van der Waals surface area contributed by atoms with Gasteiger partial charge in [-0.3, -0.25) is 0 Å². The molecule has 0 aromatic rings. The number of unbranched alkanes of at least 4 members (excludes halogenated alkanes) is 13. The third kappa shape index (κ3) is 18.4. The van der Waals surface area contributed by atoms with Gasteiger partial charge in [0.05, 0.1) is 12.6 Å². The van der Waals surface area contributed by atoms with Crippen molar-refractivity contribution in [3.05, 3.63) is 0 Å². The highest BCUT2D eigenvalue weighted by atomic mass is 32.2. The highest BCUT2D eigenvalue weighted by Crippen LogP contribution is 2.14. The summed E-state index contributed by atoms with van der Waals surface area (Å²) in [6, 6.07) is 0. The molecule has 0 amide bonds. The summed E-state index contributed by atoms with van der Waals surface area (Å²) >= 11 is 1.91. The van der Waals surface area contributed by atoms with Crippen LogP contribution < -0.4 is 5.73 Å². The van der Waals surface area contributed by atoms with E-state index in [2.05, 4.69) is 6.92 Å². The number of ether oxygens (including phenoxy) is 1. The van der Waals surface area contributed by atoms with Gasteiger partial charge in [-0.05, 0) is 12.2 Å². The van der Waals surface area contributed by atoms with Crippen LogP contribution in [0.15, 0.2) is 0 Å². The summed E-state index contributed by atoms with van der Waals surface area (Å²) in [7, 11) is 1.67. The SMILES string of the molecule is CCCCCCCCCCCCCCCCSCC(C[N])OC. The lowest BCUT2D eigenvalue weighted by Gasteiger charge is -2.10.